The molecule has 0 bridgehead atoms. The summed E-state index contributed by atoms with van der Waals surface area (Å²) < 4.78 is 5.07. The molecule has 2 aromatic heterocycles. The number of hydrogen-bond acceptors (Lipinski definition) is 4. The standard InChI is InChI=1S/C11H13N3O/c1-9-5-11(15-14-9)8-13-7-10-3-2-4-12-6-10/h2-6,13H,7-8H2,1H3. The van der Waals surface area contributed by atoms with Crippen LogP contribution in [-0.2, 0) is 13.1 Å². The van der Waals surface area contributed by atoms with E-state index < -0.39 is 0 Å². The van der Waals surface area contributed by atoms with Gasteiger partial charge in [0.2, 0.25) is 0 Å². The minimum Gasteiger partial charge on any atom is -0.360 e. The van der Waals surface area contributed by atoms with E-state index in [1.54, 1.807) is 6.20 Å². The molecule has 0 atom stereocenters. The minimum absolute atomic E-state index is 0.690. The topological polar surface area (TPSA) is 51.0 Å². The molecule has 4 nitrogen and oxygen atoms in total. The minimum atomic E-state index is 0.690. The number of nitrogens with zero attached hydrogens (tertiary/aromatic N) is 2. The first-order valence-corrected chi connectivity index (χ1v) is 4.86. The van der Waals surface area contributed by atoms with Crippen molar-refractivity contribution in [2.45, 2.75) is 20.0 Å². The van der Waals surface area contributed by atoms with Gasteiger partial charge in [-0.1, -0.05) is 11.2 Å². The van der Waals surface area contributed by atoms with Gasteiger partial charge in [0.15, 0.2) is 5.76 Å². The predicted molar refractivity (Wildman–Crippen MR) is 56.0 cm³/mol. The van der Waals surface area contributed by atoms with Crippen molar-refractivity contribution in [1.82, 2.24) is 15.5 Å². The monoisotopic (exact) mass is 203 g/mol. The third-order valence-corrected chi connectivity index (χ3v) is 2.03. The number of aryl methyl sites for hydroxylation is 1. The highest BCUT2D eigenvalue weighted by molar-refractivity contribution is 5.08. The molecule has 0 aliphatic rings. The lowest BCUT2D eigenvalue weighted by molar-refractivity contribution is 0.369. The van der Waals surface area contributed by atoms with Crippen molar-refractivity contribution >= 4 is 0 Å². The Hall–Kier alpha value is -1.68. The third-order valence-electron chi connectivity index (χ3n) is 2.03. The summed E-state index contributed by atoms with van der Waals surface area (Å²) in [5, 5.41) is 7.07. The Morgan fingerprint density at radius 2 is 2.33 bits per heavy atom. The van der Waals surface area contributed by atoms with Crippen LogP contribution in [0.1, 0.15) is 17.0 Å². The van der Waals surface area contributed by atoms with Crippen LogP contribution in [0.2, 0.25) is 0 Å². The van der Waals surface area contributed by atoms with Crippen LogP contribution in [0.5, 0.6) is 0 Å². The van der Waals surface area contributed by atoms with E-state index in [2.05, 4.69) is 15.5 Å². The molecule has 1 N–H and O–H groups in total. The van der Waals surface area contributed by atoms with Crippen LogP contribution in [0.15, 0.2) is 35.1 Å². The molecule has 0 aliphatic heterocycles. The van der Waals surface area contributed by atoms with E-state index in [-0.39, 0.29) is 0 Å². The molecule has 0 spiro atoms. The van der Waals surface area contributed by atoms with Crippen LogP contribution in [0.4, 0.5) is 0 Å². The molecule has 0 radical (unpaired) electrons. The molecule has 78 valence electrons. The first-order valence-electron chi connectivity index (χ1n) is 4.86. The molecular formula is C11H13N3O. The highest BCUT2D eigenvalue weighted by atomic mass is 16.5. The van der Waals surface area contributed by atoms with Crippen LogP contribution in [-0.4, -0.2) is 10.1 Å². The van der Waals surface area contributed by atoms with E-state index in [0.717, 1.165) is 23.6 Å². The van der Waals surface area contributed by atoms with Gasteiger partial charge in [0.05, 0.1) is 12.2 Å². The highest BCUT2D eigenvalue weighted by Crippen LogP contribution is 2.02. The summed E-state index contributed by atoms with van der Waals surface area (Å²) in [6.07, 6.45) is 3.61. The largest absolute Gasteiger partial charge is 0.360 e. The Balaban J connectivity index is 1.80. The van der Waals surface area contributed by atoms with Crippen molar-refractivity contribution in [2.75, 3.05) is 0 Å². The van der Waals surface area contributed by atoms with Gasteiger partial charge in [0, 0.05) is 25.0 Å². The molecule has 2 aromatic rings. The van der Waals surface area contributed by atoms with Gasteiger partial charge in [-0.2, -0.15) is 0 Å². The van der Waals surface area contributed by atoms with Crippen LogP contribution in [0, 0.1) is 6.92 Å². The Labute approximate surface area is 88.3 Å². The van der Waals surface area contributed by atoms with Gasteiger partial charge in [-0.3, -0.25) is 4.98 Å². The average molecular weight is 203 g/mol. The Morgan fingerprint density at radius 1 is 1.40 bits per heavy atom. The van der Waals surface area contributed by atoms with Gasteiger partial charge in [-0.05, 0) is 18.6 Å². The summed E-state index contributed by atoms with van der Waals surface area (Å²) in [6, 6.07) is 5.89. The molecule has 0 aromatic carbocycles. The Bertz CT molecular complexity index is 411. The molecule has 2 rings (SSSR count). The molecule has 0 aliphatic carbocycles. The number of nitrogens with one attached hydrogen (secondary N) is 1. The summed E-state index contributed by atoms with van der Waals surface area (Å²) >= 11 is 0. The molecular weight excluding hydrogens is 190 g/mol. The second kappa shape index (κ2) is 4.70. The van der Waals surface area contributed by atoms with E-state index >= 15 is 0 Å². The molecule has 0 fully saturated rings. The fourth-order valence-electron chi connectivity index (χ4n) is 1.33. The van der Waals surface area contributed by atoms with Gasteiger partial charge >= 0.3 is 0 Å². The van der Waals surface area contributed by atoms with E-state index in [1.165, 1.54) is 0 Å². The van der Waals surface area contributed by atoms with E-state index in [4.69, 9.17) is 4.52 Å². The lowest BCUT2D eigenvalue weighted by atomic mass is 10.3. The lowest BCUT2D eigenvalue weighted by Crippen LogP contribution is -2.12. The maximum atomic E-state index is 5.07. The van der Waals surface area contributed by atoms with E-state index in [0.29, 0.717) is 6.54 Å². The second-order valence-electron chi connectivity index (χ2n) is 3.40. The SMILES string of the molecule is Cc1cc(CNCc2cccnc2)on1. The fourth-order valence-corrected chi connectivity index (χ4v) is 1.33. The van der Waals surface area contributed by atoms with Crippen molar-refractivity contribution < 1.29 is 4.52 Å². The normalized spacial score (nSPS) is 10.5. The summed E-state index contributed by atoms with van der Waals surface area (Å²) in [5.41, 5.74) is 2.07. The Kier molecular flexibility index (Phi) is 3.09. The third kappa shape index (κ3) is 2.89. The lowest BCUT2D eigenvalue weighted by Gasteiger charge is -2.00. The van der Waals surface area contributed by atoms with Crippen LogP contribution >= 0.6 is 0 Å². The molecule has 0 saturated carbocycles. The van der Waals surface area contributed by atoms with Gasteiger partial charge in [0.25, 0.3) is 0 Å². The zero-order valence-electron chi connectivity index (χ0n) is 8.60. The van der Waals surface area contributed by atoms with Crippen LogP contribution in [0.25, 0.3) is 0 Å². The first-order chi connectivity index (χ1) is 7.34. The zero-order valence-corrected chi connectivity index (χ0v) is 8.60. The maximum Gasteiger partial charge on any atom is 0.150 e. The summed E-state index contributed by atoms with van der Waals surface area (Å²) in [4.78, 5) is 4.04. The van der Waals surface area contributed by atoms with Gasteiger partial charge in [0.1, 0.15) is 0 Å². The van der Waals surface area contributed by atoms with Crippen LogP contribution in [0.3, 0.4) is 0 Å². The smallest absolute Gasteiger partial charge is 0.150 e. The molecule has 0 unspecified atom stereocenters. The highest BCUT2D eigenvalue weighted by Gasteiger charge is 1.99. The number of rotatable bonds is 4. The van der Waals surface area contributed by atoms with Crippen molar-refractivity contribution in [3.05, 3.63) is 47.6 Å². The number of pyridine rings is 1. The summed E-state index contributed by atoms with van der Waals surface area (Å²) in [5.74, 6) is 0.858. The molecule has 0 amide bonds. The van der Waals surface area contributed by atoms with Crippen molar-refractivity contribution in [2.24, 2.45) is 0 Å². The second-order valence-corrected chi connectivity index (χ2v) is 3.40. The number of hydrogen-bond donors (Lipinski definition) is 1. The average Bonchev–Trinajstić information content (AvgIpc) is 2.66. The fraction of sp³-hybridized carbons (Fsp3) is 0.273. The Morgan fingerprint density at radius 3 is 3.00 bits per heavy atom. The van der Waals surface area contributed by atoms with E-state index in [9.17, 15) is 0 Å². The van der Waals surface area contributed by atoms with Crippen molar-refractivity contribution in [3.63, 3.8) is 0 Å². The maximum absolute atomic E-state index is 5.07. The van der Waals surface area contributed by atoms with Crippen molar-refractivity contribution in [1.29, 1.82) is 0 Å². The molecule has 0 saturated heterocycles. The van der Waals surface area contributed by atoms with Gasteiger partial charge in [-0.25, -0.2) is 0 Å². The quantitative estimate of drug-likeness (QED) is 0.821. The van der Waals surface area contributed by atoms with Crippen molar-refractivity contribution in [3.8, 4) is 0 Å². The van der Waals surface area contributed by atoms with E-state index in [1.807, 2.05) is 31.3 Å². The predicted octanol–water partition coefficient (Wildman–Crippen LogP) is 1.67. The van der Waals surface area contributed by atoms with Gasteiger partial charge in [-0.15, -0.1) is 0 Å². The van der Waals surface area contributed by atoms with Crippen LogP contribution < -0.4 is 5.32 Å². The summed E-state index contributed by atoms with van der Waals surface area (Å²) in [6.45, 7) is 3.39. The summed E-state index contributed by atoms with van der Waals surface area (Å²) in [7, 11) is 0. The van der Waals surface area contributed by atoms with Gasteiger partial charge < -0.3 is 9.84 Å². The zero-order chi connectivity index (χ0) is 10.5. The molecule has 2 heterocycles. The molecule has 15 heavy (non-hydrogen) atoms. The molecule has 4 heteroatoms. The number of aromatic nitrogens is 2. The first kappa shape index (κ1) is 9.86.